The molecule has 1 aliphatic rings. The van der Waals surface area contributed by atoms with E-state index in [1.807, 2.05) is 0 Å². The smallest absolute Gasteiger partial charge is 0.293 e. The lowest BCUT2D eigenvalue weighted by Crippen LogP contribution is -2.34. The lowest BCUT2D eigenvalue weighted by Gasteiger charge is -2.14. The van der Waals surface area contributed by atoms with Gasteiger partial charge in [-0.05, 0) is 68.4 Å². The number of oxazole rings is 1. The number of nitrogens with one attached hydrogen (secondary N) is 3. The molecule has 1 aliphatic heterocycles. The predicted octanol–water partition coefficient (Wildman–Crippen LogP) is 3.80. The summed E-state index contributed by atoms with van der Waals surface area (Å²) in [5.41, 5.74) is 0.877. The molecule has 182 valence electrons. The summed E-state index contributed by atoms with van der Waals surface area (Å²) in [7, 11) is 0. The van der Waals surface area contributed by atoms with Gasteiger partial charge >= 0.3 is 0 Å². The number of hydrogen-bond donors (Lipinski definition) is 3. The van der Waals surface area contributed by atoms with Crippen molar-refractivity contribution in [1.82, 2.24) is 15.2 Å². The summed E-state index contributed by atoms with van der Waals surface area (Å²) in [4.78, 5) is 43.6. The fourth-order valence-corrected chi connectivity index (χ4v) is 3.94. The van der Waals surface area contributed by atoms with Gasteiger partial charge in [0.2, 0.25) is 5.76 Å². The van der Waals surface area contributed by atoms with E-state index in [4.69, 9.17) is 16.0 Å². The molecular formula is C24H23ClFN5O4. The lowest BCUT2D eigenvalue weighted by molar-refractivity contribution is 0.0925. The number of amides is 3. The summed E-state index contributed by atoms with van der Waals surface area (Å²) in [5, 5.41) is 8.04. The molecular weight excluding hydrogens is 477 g/mol. The van der Waals surface area contributed by atoms with Crippen molar-refractivity contribution in [3.05, 3.63) is 76.7 Å². The molecule has 2 heterocycles. The zero-order valence-corrected chi connectivity index (χ0v) is 19.4. The van der Waals surface area contributed by atoms with Crippen molar-refractivity contribution in [3.8, 4) is 0 Å². The van der Waals surface area contributed by atoms with Gasteiger partial charge in [0.05, 0.1) is 10.6 Å². The number of nitrogens with zero attached hydrogens (tertiary/aromatic N) is 2. The van der Waals surface area contributed by atoms with E-state index < -0.39 is 23.5 Å². The highest BCUT2D eigenvalue weighted by molar-refractivity contribution is 6.34. The second kappa shape index (κ2) is 11.1. The number of likely N-dealkylation sites (tertiary alicyclic amines) is 1. The molecule has 1 saturated heterocycles. The molecule has 1 fully saturated rings. The third-order valence-electron chi connectivity index (χ3n) is 5.48. The molecule has 2 aromatic carbocycles. The molecule has 0 unspecified atom stereocenters. The average Bonchev–Trinajstić information content (AvgIpc) is 3.52. The van der Waals surface area contributed by atoms with Crippen LogP contribution in [0.5, 0.6) is 0 Å². The number of carbonyl (C=O) groups is 3. The molecule has 0 atom stereocenters. The van der Waals surface area contributed by atoms with Crippen LogP contribution >= 0.6 is 11.6 Å². The Bertz CT molecular complexity index is 1220. The van der Waals surface area contributed by atoms with Crippen LogP contribution in [0.1, 0.15) is 44.2 Å². The average molecular weight is 500 g/mol. The number of aromatic nitrogens is 1. The molecule has 3 aromatic rings. The van der Waals surface area contributed by atoms with Crippen molar-refractivity contribution in [2.75, 3.05) is 36.8 Å². The number of halogens is 2. The highest BCUT2D eigenvalue weighted by atomic mass is 35.5. The summed E-state index contributed by atoms with van der Waals surface area (Å²) in [6.45, 7) is 3.23. The minimum absolute atomic E-state index is 0.00525. The van der Waals surface area contributed by atoms with E-state index in [9.17, 15) is 18.8 Å². The summed E-state index contributed by atoms with van der Waals surface area (Å²) >= 11 is 5.92. The molecule has 0 spiro atoms. The summed E-state index contributed by atoms with van der Waals surface area (Å²) in [6, 6.07) is 9.75. The van der Waals surface area contributed by atoms with Crippen LogP contribution in [0.3, 0.4) is 0 Å². The van der Waals surface area contributed by atoms with Gasteiger partial charge in [-0.1, -0.05) is 11.6 Å². The third kappa shape index (κ3) is 6.23. The number of benzene rings is 2. The maximum absolute atomic E-state index is 13.2. The first-order valence-electron chi connectivity index (χ1n) is 11.0. The molecule has 9 nitrogen and oxygen atoms in total. The van der Waals surface area contributed by atoms with Gasteiger partial charge in [0.1, 0.15) is 5.82 Å². The maximum atomic E-state index is 13.2. The Morgan fingerprint density at radius 1 is 0.971 bits per heavy atom. The highest BCUT2D eigenvalue weighted by Gasteiger charge is 2.23. The second-order valence-electron chi connectivity index (χ2n) is 7.94. The van der Waals surface area contributed by atoms with Crippen LogP contribution in [0.4, 0.5) is 15.8 Å². The van der Waals surface area contributed by atoms with E-state index in [2.05, 4.69) is 25.8 Å². The van der Waals surface area contributed by atoms with Crippen molar-refractivity contribution in [2.45, 2.75) is 12.8 Å². The Balaban J connectivity index is 1.32. The van der Waals surface area contributed by atoms with Crippen molar-refractivity contribution >= 4 is 40.7 Å². The van der Waals surface area contributed by atoms with E-state index in [0.717, 1.165) is 51.0 Å². The van der Waals surface area contributed by atoms with Gasteiger partial charge in [0, 0.05) is 24.5 Å². The second-order valence-corrected chi connectivity index (χ2v) is 8.35. The van der Waals surface area contributed by atoms with Crippen LogP contribution in [0.25, 0.3) is 0 Å². The van der Waals surface area contributed by atoms with Crippen molar-refractivity contribution in [1.29, 1.82) is 0 Å². The first kappa shape index (κ1) is 24.4. The SMILES string of the molecule is O=C(Nc1ccc(NC(=O)c2ocnc2C(=O)NCCN2CCCC2)cc1)c1ccc(F)cc1Cl. The van der Waals surface area contributed by atoms with Gasteiger partial charge in [0.25, 0.3) is 17.7 Å². The molecule has 0 saturated carbocycles. The minimum atomic E-state index is -0.637. The zero-order chi connectivity index (χ0) is 24.8. The molecule has 4 rings (SSSR count). The maximum Gasteiger partial charge on any atom is 0.293 e. The molecule has 0 bridgehead atoms. The van der Waals surface area contributed by atoms with Gasteiger partial charge in [-0.25, -0.2) is 9.37 Å². The highest BCUT2D eigenvalue weighted by Crippen LogP contribution is 2.20. The molecule has 0 aliphatic carbocycles. The Kier molecular flexibility index (Phi) is 7.74. The normalized spacial score (nSPS) is 13.4. The van der Waals surface area contributed by atoms with Crippen LogP contribution < -0.4 is 16.0 Å². The van der Waals surface area contributed by atoms with Crippen molar-refractivity contribution in [2.24, 2.45) is 0 Å². The summed E-state index contributed by atoms with van der Waals surface area (Å²) < 4.78 is 18.3. The Morgan fingerprint density at radius 3 is 2.29 bits per heavy atom. The number of hydrogen-bond acceptors (Lipinski definition) is 6. The fraction of sp³-hybridized carbons (Fsp3) is 0.250. The van der Waals surface area contributed by atoms with Crippen LogP contribution in [0, 0.1) is 5.82 Å². The fourth-order valence-electron chi connectivity index (χ4n) is 3.68. The Labute approximate surface area is 205 Å². The monoisotopic (exact) mass is 499 g/mol. The Morgan fingerprint density at radius 2 is 1.63 bits per heavy atom. The molecule has 1 aromatic heterocycles. The largest absolute Gasteiger partial charge is 0.437 e. The van der Waals surface area contributed by atoms with E-state index in [1.165, 1.54) is 6.07 Å². The Hall–Kier alpha value is -3.76. The standard InChI is InChI=1S/C24H23ClFN5O4/c25-19-13-15(26)3-8-18(19)22(32)29-16-4-6-17(7-5-16)30-24(34)21-20(28-14-35-21)23(33)27-9-12-31-10-1-2-11-31/h3-8,13-14H,1-2,9-12H2,(H,27,33)(H,29,32)(H,30,34). The van der Waals surface area contributed by atoms with Crippen LogP contribution in [-0.4, -0.2) is 53.8 Å². The topological polar surface area (TPSA) is 117 Å². The lowest BCUT2D eigenvalue weighted by atomic mass is 10.2. The summed E-state index contributed by atoms with van der Waals surface area (Å²) in [5.74, 6) is -2.37. The first-order valence-corrected chi connectivity index (χ1v) is 11.4. The number of rotatable bonds is 8. The third-order valence-corrected chi connectivity index (χ3v) is 5.79. The first-order chi connectivity index (χ1) is 16.9. The molecule has 3 amide bonds. The minimum Gasteiger partial charge on any atom is -0.437 e. The quantitative estimate of drug-likeness (QED) is 0.434. The molecule has 3 N–H and O–H groups in total. The molecule has 0 radical (unpaired) electrons. The molecule has 11 heteroatoms. The van der Waals surface area contributed by atoms with E-state index in [0.29, 0.717) is 17.9 Å². The van der Waals surface area contributed by atoms with Crippen molar-refractivity contribution < 1.29 is 23.2 Å². The molecule has 35 heavy (non-hydrogen) atoms. The van der Waals surface area contributed by atoms with E-state index in [-0.39, 0.29) is 22.0 Å². The number of carbonyl (C=O) groups excluding carboxylic acids is 3. The van der Waals surface area contributed by atoms with Crippen LogP contribution in [0.2, 0.25) is 5.02 Å². The van der Waals surface area contributed by atoms with Crippen molar-refractivity contribution in [3.63, 3.8) is 0 Å². The van der Waals surface area contributed by atoms with E-state index >= 15 is 0 Å². The van der Waals surface area contributed by atoms with E-state index in [1.54, 1.807) is 24.3 Å². The van der Waals surface area contributed by atoms with Crippen LogP contribution in [0.15, 0.2) is 53.3 Å². The predicted molar refractivity (Wildman–Crippen MR) is 128 cm³/mol. The van der Waals surface area contributed by atoms with Gasteiger partial charge < -0.3 is 25.3 Å². The van der Waals surface area contributed by atoms with Gasteiger partial charge in [-0.15, -0.1) is 0 Å². The van der Waals surface area contributed by atoms with Gasteiger partial charge in [-0.2, -0.15) is 0 Å². The van der Waals surface area contributed by atoms with Crippen LogP contribution in [-0.2, 0) is 0 Å². The summed E-state index contributed by atoms with van der Waals surface area (Å²) in [6.07, 6.45) is 3.37. The number of anilines is 2. The van der Waals surface area contributed by atoms with Gasteiger partial charge in [-0.3, -0.25) is 14.4 Å². The van der Waals surface area contributed by atoms with Gasteiger partial charge in [0.15, 0.2) is 12.1 Å². The zero-order valence-electron chi connectivity index (χ0n) is 18.6.